The number of hydrogen-bond acceptors (Lipinski definition) is 3. The minimum Gasteiger partial charge on any atom is -0.478 e. The first kappa shape index (κ1) is 13.5. The molecule has 102 valence electrons. The van der Waals surface area contributed by atoms with Crippen molar-refractivity contribution in [2.24, 2.45) is 0 Å². The molecule has 5 nitrogen and oxygen atoms in total. The van der Waals surface area contributed by atoms with Crippen LogP contribution in [0.4, 0.5) is 15.8 Å². The third-order valence-electron chi connectivity index (χ3n) is 2.66. The van der Waals surface area contributed by atoms with Crippen molar-refractivity contribution in [1.29, 1.82) is 0 Å². The highest BCUT2D eigenvalue weighted by molar-refractivity contribution is 6.08. The lowest BCUT2D eigenvalue weighted by Crippen LogP contribution is -2.14. The predicted molar refractivity (Wildman–Crippen MR) is 72.2 cm³/mol. The number of hydrogen-bond donors (Lipinski definition) is 3. The Bertz CT molecular complexity index is 686. The van der Waals surface area contributed by atoms with E-state index in [1.807, 2.05) is 0 Å². The van der Waals surface area contributed by atoms with Crippen molar-refractivity contribution in [2.45, 2.75) is 0 Å². The van der Waals surface area contributed by atoms with Crippen LogP contribution in [0.2, 0.25) is 0 Å². The number of nitrogens with two attached hydrogens (primary N) is 1. The van der Waals surface area contributed by atoms with Crippen molar-refractivity contribution < 1.29 is 19.1 Å². The number of amides is 1. The number of nitrogens with one attached hydrogen (secondary N) is 1. The van der Waals surface area contributed by atoms with Crippen LogP contribution in [0.1, 0.15) is 20.7 Å². The SMILES string of the molecule is Nc1ccccc1C(=O)Nc1ccc(F)c(C(=O)O)c1. The van der Waals surface area contributed by atoms with Gasteiger partial charge in [0.15, 0.2) is 0 Å². The fraction of sp³-hybridized carbons (Fsp3) is 0. The zero-order chi connectivity index (χ0) is 14.7. The van der Waals surface area contributed by atoms with Crippen molar-refractivity contribution in [3.8, 4) is 0 Å². The molecular weight excluding hydrogens is 263 g/mol. The Morgan fingerprint density at radius 1 is 1.10 bits per heavy atom. The maximum absolute atomic E-state index is 13.2. The number of halogens is 1. The van der Waals surface area contributed by atoms with Crippen molar-refractivity contribution in [2.75, 3.05) is 11.1 Å². The van der Waals surface area contributed by atoms with Gasteiger partial charge in [0.1, 0.15) is 5.82 Å². The zero-order valence-corrected chi connectivity index (χ0v) is 10.3. The molecular formula is C14H11FN2O3. The summed E-state index contributed by atoms with van der Waals surface area (Å²) in [6, 6.07) is 9.75. The Labute approximate surface area is 113 Å². The summed E-state index contributed by atoms with van der Waals surface area (Å²) in [5, 5.41) is 11.3. The topological polar surface area (TPSA) is 92.4 Å². The first-order chi connectivity index (χ1) is 9.49. The summed E-state index contributed by atoms with van der Waals surface area (Å²) < 4.78 is 13.2. The van der Waals surface area contributed by atoms with E-state index in [-0.39, 0.29) is 11.3 Å². The van der Waals surface area contributed by atoms with E-state index < -0.39 is 23.3 Å². The molecule has 0 radical (unpaired) electrons. The third-order valence-corrected chi connectivity index (χ3v) is 2.66. The van der Waals surface area contributed by atoms with Crippen LogP contribution in [-0.4, -0.2) is 17.0 Å². The van der Waals surface area contributed by atoms with Gasteiger partial charge < -0.3 is 16.2 Å². The van der Waals surface area contributed by atoms with Gasteiger partial charge in [0.05, 0.1) is 11.1 Å². The van der Waals surface area contributed by atoms with Crippen LogP contribution in [0.25, 0.3) is 0 Å². The van der Waals surface area contributed by atoms with E-state index in [0.29, 0.717) is 5.69 Å². The van der Waals surface area contributed by atoms with E-state index in [0.717, 1.165) is 12.1 Å². The monoisotopic (exact) mass is 274 g/mol. The number of anilines is 2. The molecule has 0 spiro atoms. The molecule has 0 fully saturated rings. The van der Waals surface area contributed by atoms with Gasteiger partial charge in [-0.15, -0.1) is 0 Å². The number of carboxylic acids is 1. The molecule has 6 heteroatoms. The molecule has 0 aromatic heterocycles. The Balaban J connectivity index is 2.27. The van der Waals surface area contributed by atoms with Gasteiger partial charge in [0.2, 0.25) is 0 Å². The normalized spacial score (nSPS) is 10.1. The number of aromatic carboxylic acids is 1. The van der Waals surface area contributed by atoms with Crippen LogP contribution in [0, 0.1) is 5.82 Å². The average Bonchev–Trinajstić information content (AvgIpc) is 2.41. The molecule has 2 aromatic carbocycles. The fourth-order valence-corrected chi connectivity index (χ4v) is 1.67. The smallest absolute Gasteiger partial charge is 0.338 e. The fourth-order valence-electron chi connectivity index (χ4n) is 1.67. The number of benzene rings is 2. The van der Waals surface area contributed by atoms with Gasteiger partial charge in [-0.3, -0.25) is 4.79 Å². The number of carbonyl (C=O) groups is 2. The molecule has 0 aliphatic rings. The first-order valence-corrected chi connectivity index (χ1v) is 5.67. The standard InChI is InChI=1S/C14H11FN2O3/c15-11-6-5-8(7-10(11)14(19)20)17-13(18)9-3-1-2-4-12(9)16/h1-7H,16H2,(H,17,18)(H,19,20). The Morgan fingerprint density at radius 2 is 1.80 bits per heavy atom. The number of rotatable bonds is 3. The van der Waals surface area contributed by atoms with Crippen molar-refractivity contribution in [1.82, 2.24) is 0 Å². The van der Waals surface area contributed by atoms with Crippen LogP contribution in [0.5, 0.6) is 0 Å². The average molecular weight is 274 g/mol. The summed E-state index contributed by atoms with van der Waals surface area (Å²) in [4.78, 5) is 22.8. The largest absolute Gasteiger partial charge is 0.478 e. The van der Waals surface area contributed by atoms with Crippen molar-refractivity contribution in [3.63, 3.8) is 0 Å². The van der Waals surface area contributed by atoms with Crippen molar-refractivity contribution in [3.05, 3.63) is 59.4 Å². The van der Waals surface area contributed by atoms with E-state index >= 15 is 0 Å². The number of para-hydroxylation sites is 1. The minimum absolute atomic E-state index is 0.178. The van der Waals surface area contributed by atoms with Crippen LogP contribution < -0.4 is 11.1 Å². The molecule has 4 N–H and O–H groups in total. The molecule has 0 saturated carbocycles. The van der Waals surface area contributed by atoms with Crippen LogP contribution in [0.15, 0.2) is 42.5 Å². The summed E-state index contributed by atoms with van der Waals surface area (Å²) >= 11 is 0. The lowest BCUT2D eigenvalue weighted by molar-refractivity contribution is 0.0691. The molecule has 2 rings (SSSR count). The second-order valence-electron chi connectivity index (χ2n) is 4.04. The third kappa shape index (κ3) is 2.74. The second kappa shape index (κ2) is 5.40. The van der Waals surface area contributed by atoms with Gasteiger partial charge in [-0.05, 0) is 30.3 Å². The Kier molecular flexibility index (Phi) is 3.65. The molecule has 0 saturated heterocycles. The van der Waals surface area contributed by atoms with Gasteiger partial charge in [0.25, 0.3) is 5.91 Å². The van der Waals surface area contributed by atoms with Gasteiger partial charge in [-0.25, -0.2) is 9.18 Å². The second-order valence-corrected chi connectivity index (χ2v) is 4.04. The maximum atomic E-state index is 13.2. The molecule has 0 heterocycles. The summed E-state index contributed by atoms with van der Waals surface area (Å²) in [5.41, 5.74) is 5.88. The van der Waals surface area contributed by atoms with Gasteiger partial charge in [-0.1, -0.05) is 12.1 Å². The Hall–Kier alpha value is -2.89. The quantitative estimate of drug-likeness (QED) is 0.749. The maximum Gasteiger partial charge on any atom is 0.338 e. The van der Waals surface area contributed by atoms with E-state index in [1.54, 1.807) is 18.2 Å². The van der Waals surface area contributed by atoms with Gasteiger partial charge in [0, 0.05) is 11.4 Å². The minimum atomic E-state index is -1.40. The zero-order valence-electron chi connectivity index (χ0n) is 10.3. The summed E-state index contributed by atoms with van der Waals surface area (Å²) in [6.07, 6.45) is 0. The van der Waals surface area contributed by atoms with E-state index in [4.69, 9.17) is 10.8 Å². The number of carboxylic acid groups (broad SMARTS) is 1. The number of carbonyl (C=O) groups excluding carboxylic acids is 1. The number of nitrogen functional groups attached to an aromatic ring is 1. The summed E-state index contributed by atoms with van der Waals surface area (Å²) in [7, 11) is 0. The first-order valence-electron chi connectivity index (χ1n) is 5.67. The van der Waals surface area contributed by atoms with E-state index in [2.05, 4.69) is 5.32 Å². The van der Waals surface area contributed by atoms with E-state index in [9.17, 15) is 14.0 Å². The molecule has 0 aliphatic carbocycles. The van der Waals surface area contributed by atoms with Gasteiger partial charge in [-0.2, -0.15) is 0 Å². The molecule has 20 heavy (non-hydrogen) atoms. The highest BCUT2D eigenvalue weighted by atomic mass is 19.1. The molecule has 0 unspecified atom stereocenters. The molecule has 0 bridgehead atoms. The highest BCUT2D eigenvalue weighted by Crippen LogP contribution is 2.17. The van der Waals surface area contributed by atoms with Gasteiger partial charge >= 0.3 is 5.97 Å². The predicted octanol–water partition coefficient (Wildman–Crippen LogP) is 2.36. The summed E-state index contributed by atoms with van der Waals surface area (Å²) in [6.45, 7) is 0. The van der Waals surface area contributed by atoms with Crippen LogP contribution in [-0.2, 0) is 0 Å². The van der Waals surface area contributed by atoms with Crippen LogP contribution in [0.3, 0.4) is 0 Å². The van der Waals surface area contributed by atoms with Crippen molar-refractivity contribution >= 4 is 23.3 Å². The van der Waals surface area contributed by atoms with E-state index in [1.165, 1.54) is 12.1 Å². The summed E-state index contributed by atoms with van der Waals surface area (Å²) in [5.74, 6) is -2.77. The lowest BCUT2D eigenvalue weighted by atomic mass is 10.1. The highest BCUT2D eigenvalue weighted by Gasteiger charge is 2.13. The molecule has 0 aliphatic heterocycles. The lowest BCUT2D eigenvalue weighted by Gasteiger charge is -2.08. The molecule has 0 atom stereocenters. The molecule has 2 aromatic rings. The molecule has 1 amide bonds. The van der Waals surface area contributed by atoms with Crippen LogP contribution >= 0.6 is 0 Å². The Morgan fingerprint density at radius 3 is 2.45 bits per heavy atom.